The van der Waals surface area contributed by atoms with Crippen LogP contribution in [-0.2, 0) is 5.75 Å². The van der Waals surface area contributed by atoms with E-state index in [4.69, 9.17) is 5.73 Å². The van der Waals surface area contributed by atoms with Crippen molar-refractivity contribution in [1.29, 1.82) is 0 Å². The number of thioether (sulfide) groups is 1. The molecular formula is C23H26FN9S. The third kappa shape index (κ3) is 5.32. The molecule has 11 heteroatoms. The van der Waals surface area contributed by atoms with Crippen LogP contribution in [0.15, 0.2) is 53.7 Å². The molecule has 0 bridgehead atoms. The number of aromatic nitrogens is 6. The molecule has 34 heavy (non-hydrogen) atoms. The lowest BCUT2D eigenvalue weighted by atomic mass is 10.2. The zero-order valence-electron chi connectivity index (χ0n) is 19.4. The number of anilines is 3. The first kappa shape index (κ1) is 23.6. The van der Waals surface area contributed by atoms with E-state index in [1.165, 1.54) is 23.9 Å². The Morgan fingerprint density at radius 3 is 2.50 bits per heavy atom. The van der Waals surface area contributed by atoms with Gasteiger partial charge in [0.25, 0.3) is 0 Å². The summed E-state index contributed by atoms with van der Waals surface area (Å²) in [4.78, 5) is 15.0. The van der Waals surface area contributed by atoms with E-state index >= 15 is 0 Å². The first-order valence-electron chi connectivity index (χ1n) is 10.7. The fraction of sp³-hybridized carbons (Fsp3) is 0.261. The number of nitrogens with one attached hydrogen (secondary N) is 1. The summed E-state index contributed by atoms with van der Waals surface area (Å²) < 4.78 is 15.5. The smallest absolute Gasteiger partial charge is 0.232 e. The molecule has 4 aromatic rings. The van der Waals surface area contributed by atoms with Crippen molar-refractivity contribution in [3.8, 4) is 5.69 Å². The van der Waals surface area contributed by atoms with E-state index in [2.05, 4.69) is 30.5 Å². The average molecular weight is 480 g/mol. The first-order valence-corrected chi connectivity index (χ1v) is 11.6. The van der Waals surface area contributed by atoms with Crippen molar-refractivity contribution in [2.24, 2.45) is 0 Å². The van der Waals surface area contributed by atoms with Gasteiger partial charge in [0.2, 0.25) is 11.9 Å². The minimum atomic E-state index is -0.303. The van der Waals surface area contributed by atoms with Gasteiger partial charge in [-0.1, -0.05) is 30.0 Å². The molecule has 4 rings (SSSR count). The summed E-state index contributed by atoms with van der Waals surface area (Å²) in [5.74, 6) is 1.84. The molecule has 1 unspecified atom stereocenters. The monoisotopic (exact) mass is 479 g/mol. The van der Waals surface area contributed by atoms with Crippen LogP contribution in [0, 0.1) is 12.7 Å². The standard InChI is InChI=1S/C23H26FN9S/c1-14-7-5-6-8-18(14)26-22-28-19(27-21(25)29-22)13-34-23-31-30-20(15(2)32(3)4)33(23)17-11-9-16(24)10-12-17/h5-12,15H,13H2,1-4H3,(H3,25,26,27,28,29). The topological polar surface area (TPSA) is 111 Å². The number of nitrogen functional groups attached to an aromatic ring is 1. The highest BCUT2D eigenvalue weighted by Gasteiger charge is 2.21. The third-order valence-electron chi connectivity index (χ3n) is 5.31. The van der Waals surface area contributed by atoms with Crippen molar-refractivity contribution >= 4 is 29.3 Å². The van der Waals surface area contributed by atoms with Gasteiger partial charge in [-0.15, -0.1) is 10.2 Å². The molecule has 176 valence electrons. The van der Waals surface area contributed by atoms with Crippen LogP contribution in [0.5, 0.6) is 0 Å². The summed E-state index contributed by atoms with van der Waals surface area (Å²) in [6, 6.07) is 14.1. The Balaban J connectivity index is 1.61. The van der Waals surface area contributed by atoms with Crippen LogP contribution < -0.4 is 11.1 Å². The van der Waals surface area contributed by atoms with Crippen LogP contribution in [0.25, 0.3) is 5.69 Å². The SMILES string of the molecule is Cc1ccccc1Nc1nc(N)nc(CSc2nnc(C(C)N(C)C)n2-c2ccc(F)cc2)n1. The third-order valence-corrected chi connectivity index (χ3v) is 6.24. The molecule has 2 aromatic carbocycles. The predicted molar refractivity (Wildman–Crippen MR) is 132 cm³/mol. The molecule has 0 aliphatic heterocycles. The lowest BCUT2D eigenvalue weighted by Gasteiger charge is -2.20. The van der Waals surface area contributed by atoms with Gasteiger partial charge in [0.05, 0.1) is 11.8 Å². The van der Waals surface area contributed by atoms with Crippen LogP contribution in [0.4, 0.5) is 22.0 Å². The Morgan fingerprint density at radius 2 is 1.79 bits per heavy atom. The van der Waals surface area contributed by atoms with Crippen LogP contribution in [0.1, 0.15) is 30.2 Å². The lowest BCUT2D eigenvalue weighted by molar-refractivity contribution is 0.305. The second-order valence-electron chi connectivity index (χ2n) is 7.95. The van der Waals surface area contributed by atoms with Crippen LogP contribution >= 0.6 is 11.8 Å². The second kappa shape index (κ2) is 10.1. The van der Waals surface area contributed by atoms with Crippen molar-refractivity contribution in [3.63, 3.8) is 0 Å². The molecule has 0 fully saturated rings. The van der Waals surface area contributed by atoms with Crippen molar-refractivity contribution in [2.45, 2.75) is 30.8 Å². The Kier molecular flexibility index (Phi) is 7.03. The fourth-order valence-electron chi connectivity index (χ4n) is 3.23. The summed E-state index contributed by atoms with van der Waals surface area (Å²) in [7, 11) is 3.94. The Morgan fingerprint density at radius 1 is 1.06 bits per heavy atom. The maximum Gasteiger partial charge on any atom is 0.232 e. The molecule has 0 amide bonds. The minimum Gasteiger partial charge on any atom is -0.368 e. The molecule has 0 saturated carbocycles. The lowest BCUT2D eigenvalue weighted by Crippen LogP contribution is -2.20. The highest BCUT2D eigenvalue weighted by Crippen LogP contribution is 2.29. The number of benzene rings is 2. The van der Waals surface area contributed by atoms with Gasteiger partial charge in [0.15, 0.2) is 11.0 Å². The van der Waals surface area contributed by atoms with E-state index in [1.54, 1.807) is 12.1 Å². The molecule has 9 nitrogen and oxygen atoms in total. The van der Waals surface area contributed by atoms with Crippen molar-refractivity contribution < 1.29 is 4.39 Å². The van der Waals surface area contributed by atoms with Crippen LogP contribution in [-0.4, -0.2) is 48.7 Å². The molecule has 0 aliphatic carbocycles. The van der Waals surface area contributed by atoms with Gasteiger partial charge in [-0.25, -0.2) is 4.39 Å². The van der Waals surface area contributed by atoms with E-state index < -0.39 is 0 Å². The summed E-state index contributed by atoms with van der Waals surface area (Å²) in [5.41, 5.74) is 8.68. The van der Waals surface area contributed by atoms with E-state index in [1.807, 2.05) is 61.7 Å². The number of hydrogen-bond donors (Lipinski definition) is 2. The van der Waals surface area contributed by atoms with E-state index in [9.17, 15) is 4.39 Å². The zero-order valence-corrected chi connectivity index (χ0v) is 20.2. The van der Waals surface area contributed by atoms with Gasteiger partial charge < -0.3 is 11.1 Å². The van der Waals surface area contributed by atoms with Gasteiger partial charge in [-0.05, 0) is 63.8 Å². The van der Waals surface area contributed by atoms with Crippen molar-refractivity contribution in [2.75, 3.05) is 25.1 Å². The molecule has 2 heterocycles. The van der Waals surface area contributed by atoms with Crippen molar-refractivity contribution in [1.82, 2.24) is 34.6 Å². The number of aryl methyl sites for hydroxylation is 1. The highest BCUT2D eigenvalue weighted by molar-refractivity contribution is 7.98. The quantitative estimate of drug-likeness (QED) is 0.360. The number of hydrogen-bond acceptors (Lipinski definition) is 9. The van der Waals surface area contributed by atoms with E-state index in [0.29, 0.717) is 22.7 Å². The number of rotatable bonds is 8. The molecule has 1 atom stereocenters. The normalized spacial score (nSPS) is 12.2. The molecule has 0 aliphatic rings. The fourth-order valence-corrected chi connectivity index (χ4v) is 4.04. The predicted octanol–water partition coefficient (Wildman–Crippen LogP) is 4.14. The zero-order chi connectivity index (χ0) is 24.2. The average Bonchev–Trinajstić information content (AvgIpc) is 3.22. The largest absolute Gasteiger partial charge is 0.368 e. The summed E-state index contributed by atoms with van der Waals surface area (Å²) in [6.07, 6.45) is 0. The molecule has 0 spiro atoms. The molecule has 0 radical (unpaired) electrons. The summed E-state index contributed by atoms with van der Waals surface area (Å²) in [6.45, 7) is 4.03. The highest BCUT2D eigenvalue weighted by atomic mass is 32.2. The van der Waals surface area contributed by atoms with E-state index in [0.717, 1.165) is 22.8 Å². The maximum absolute atomic E-state index is 13.5. The number of para-hydroxylation sites is 1. The Labute approximate surface area is 201 Å². The molecular weight excluding hydrogens is 453 g/mol. The van der Waals surface area contributed by atoms with E-state index in [-0.39, 0.29) is 17.8 Å². The molecule has 3 N–H and O–H groups in total. The van der Waals surface area contributed by atoms with Crippen LogP contribution in [0.3, 0.4) is 0 Å². The summed E-state index contributed by atoms with van der Waals surface area (Å²) >= 11 is 1.42. The van der Waals surface area contributed by atoms with Gasteiger partial charge in [0, 0.05) is 11.4 Å². The Bertz CT molecular complexity index is 1270. The van der Waals surface area contributed by atoms with Gasteiger partial charge in [-0.2, -0.15) is 15.0 Å². The first-order chi connectivity index (χ1) is 16.3. The Hall–Kier alpha value is -3.57. The van der Waals surface area contributed by atoms with Gasteiger partial charge >= 0.3 is 0 Å². The number of halogens is 1. The number of nitrogens with two attached hydrogens (primary N) is 1. The van der Waals surface area contributed by atoms with Crippen molar-refractivity contribution in [3.05, 3.63) is 71.6 Å². The van der Waals surface area contributed by atoms with Gasteiger partial charge in [-0.3, -0.25) is 9.47 Å². The second-order valence-corrected chi connectivity index (χ2v) is 8.90. The number of nitrogens with zero attached hydrogens (tertiary/aromatic N) is 7. The maximum atomic E-state index is 13.5. The molecule has 2 aromatic heterocycles. The molecule has 0 saturated heterocycles. The summed E-state index contributed by atoms with van der Waals surface area (Å²) in [5, 5.41) is 12.7. The van der Waals surface area contributed by atoms with Crippen LogP contribution in [0.2, 0.25) is 0 Å². The minimum absolute atomic E-state index is 0.00959. The van der Waals surface area contributed by atoms with Gasteiger partial charge in [0.1, 0.15) is 11.6 Å².